The highest BCUT2D eigenvalue weighted by Crippen LogP contribution is 2.27. The first-order chi connectivity index (χ1) is 14.8. The van der Waals surface area contributed by atoms with Gasteiger partial charge < -0.3 is 14.5 Å². The summed E-state index contributed by atoms with van der Waals surface area (Å²) in [6.45, 7) is 6.64. The van der Waals surface area contributed by atoms with Crippen LogP contribution in [-0.2, 0) is 10.0 Å². The number of nitrogens with zero attached hydrogens (tertiary/aromatic N) is 3. The van der Waals surface area contributed by atoms with Crippen LogP contribution in [0.5, 0.6) is 5.75 Å². The molecule has 0 saturated carbocycles. The minimum atomic E-state index is -3.76. The monoisotopic (exact) mass is 465 g/mol. The van der Waals surface area contributed by atoms with Crippen LogP contribution in [0.15, 0.2) is 47.4 Å². The van der Waals surface area contributed by atoms with Gasteiger partial charge in [-0.15, -0.1) is 0 Å². The van der Waals surface area contributed by atoms with Gasteiger partial charge in [0.1, 0.15) is 10.6 Å². The number of rotatable bonds is 7. The summed E-state index contributed by atoms with van der Waals surface area (Å²) in [4.78, 5) is 17.0. The van der Waals surface area contributed by atoms with Gasteiger partial charge in [-0.25, -0.2) is 8.42 Å². The highest BCUT2D eigenvalue weighted by Gasteiger charge is 2.28. The van der Waals surface area contributed by atoms with E-state index in [-0.39, 0.29) is 15.8 Å². The number of hydrogen-bond acceptors (Lipinski definition) is 5. The van der Waals surface area contributed by atoms with E-state index in [2.05, 4.69) is 4.90 Å². The summed E-state index contributed by atoms with van der Waals surface area (Å²) in [7, 11) is -2.12. The van der Waals surface area contributed by atoms with Crippen molar-refractivity contribution in [3.05, 3.63) is 53.1 Å². The van der Waals surface area contributed by atoms with Crippen LogP contribution in [0.1, 0.15) is 24.2 Å². The van der Waals surface area contributed by atoms with Crippen LogP contribution in [-0.4, -0.2) is 69.9 Å². The van der Waals surface area contributed by atoms with Crippen molar-refractivity contribution in [1.82, 2.24) is 9.21 Å². The summed E-state index contributed by atoms with van der Waals surface area (Å²) in [6.07, 6.45) is 0. The smallest absolute Gasteiger partial charge is 0.254 e. The number of sulfonamides is 1. The van der Waals surface area contributed by atoms with Crippen molar-refractivity contribution in [2.75, 3.05) is 51.3 Å². The van der Waals surface area contributed by atoms with Gasteiger partial charge in [0.25, 0.3) is 5.91 Å². The third kappa shape index (κ3) is 4.97. The summed E-state index contributed by atoms with van der Waals surface area (Å²) in [5.74, 6) is 0.595. The molecule has 0 unspecified atom stereocenters. The lowest BCUT2D eigenvalue weighted by Crippen LogP contribution is -2.48. The van der Waals surface area contributed by atoms with Crippen LogP contribution in [0.3, 0.4) is 0 Å². The molecule has 0 aromatic heterocycles. The topological polar surface area (TPSA) is 70.2 Å². The van der Waals surface area contributed by atoms with Gasteiger partial charge in [0.2, 0.25) is 10.0 Å². The molecule has 0 N–H and O–H groups in total. The Hall–Kier alpha value is -2.29. The number of carbonyl (C=O) groups excluding carboxylic acids is 1. The fourth-order valence-corrected chi connectivity index (χ4v) is 5.65. The average Bonchev–Trinajstić information content (AvgIpc) is 2.79. The molecule has 1 fully saturated rings. The zero-order valence-electron chi connectivity index (χ0n) is 18.0. The van der Waals surface area contributed by atoms with Crippen molar-refractivity contribution < 1.29 is 17.9 Å². The maximum absolute atomic E-state index is 13.1. The highest BCUT2D eigenvalue weighted by atomic mass is 35.5. The van der Waals surface area contributed by atoms with Crippen LogP contribution < -0.4 is 9.64 Å². The summed E-state index contributed by atoms with van der Waals surface area (Å²) >= 11 is 6.19. The van der Waals surface area contributed by atoms with E-state index in [9.17, 15) is 13.2 Å². The Kier molecular flexibility index (Phi) is 7.46. The minimum absolute atomic E-state index is 0.0290. The molecular formula is C22H28ClN3O4S. The Bertz CT molecular complexity index is 1030. The second-order valence-corrected chi connectivity index (χ2v) is 9.53. The maximum Gasteiger partial charge on any atom is 0.254 e. The van der Waals surface area contributed by atoms with Crippen LogP contribution in [0.25, 0.3) is 0 Å². The molecule has 0 radical (unpaired) electrons. The number of methoxy groups -OCH3 is 1. The first kappa shape index (κ1) is 23.4. The van der Waals surface area contributed by atoms with Crippen LogP contribution >= 0.6 is 11.6 Å². The molecule has 9 heteroatoms. The van der Waals surface area contributed by atoms with E-state index in [1.165, 1.54) is 16.4 Å². The highest BCUT2D eigenvalue weighted by molar-refractivity contribution is 7.89. The third-order valence-corrected chi connectivity index (χ3v) is 8.02. The van der Waals surface area contributed by atoms with Crippen LogP contribution in [0.2, 0.25) is 5.02 Å². The van der Waals surface area contributed by atoms with Crippen molar-refractivity contribution in [3.63, 3.8) is 0 Å². The average molecular weight is 466 g/mol. The van der Waals surface area contributed by atoms with E-state index >= 15 is 0 Å². The first-order valence-electron chi connectivity index (χ1n) is 10.3. The number of hydrogen-bond donors (Lipinski definition) is 0. The van der Waals surface area contributed by atoms with Gasteiger partial charge in [0.15, 0.2) is 0 Å². The van der Waals surface area contributed by atoms with E-state index in [1.807, 2.05) is 24.3 Å². The largest absolute Gasteiger partial charge is 0.497 e. The second kappa shape index (κ2) is 9.89. The lowest BCUT2D eigenvalue weighted by molar-refractivity contribution is 0.0746. The Morgan fingerprint density at radius 3 is 2.35 bits per heavy atom. The molecule has 1 amide bonds. The number of amides is 1. The summed E-state index contributed by atoms with van der Waals surface area (Å²) in [6, 6.07) is 12.3. The van der Waals surface area contributed by atoms with Crippen molar-refractivity contribution in [2.45, 2.75) is 18.7 Å². The molecule has 0 spiro atoms. The first-order valence-corrected chi connectivity index (χ1v) is 12.1. The van der Waals surface area contributed by atoms with Gasteiger partial charge in [0.05, 0.1) is 12.1 Å². The summed E-state index contributed by atoms with van der Waals surface area (Å²) < 4.78 is 32.5. The van der Waals surface area contributed by atoms with E-state index in [0.717, 1.165) is 11.4 Å². The van der Waals surface area contributed by atoms with Gasteiger partial charge >= 0.3 is 0 Å². The molecule has 0 aliphatic carbocycles. The molecule has 1 aliphatic rings. The Balaban J connectivity index is 1.75. The molecule has 31 heavy (non-hydrogen) atoms. The summed E-state index contributed by atoms with van der Waals surface area (Å²) in [5, 5.41) is 0.117. The molecule has 1 saturated heterocycles. The Morgan fingerprint density at radius 1 is 1.06 bits per heavy atom. The Morgan fingerprint density at radius 2 is 1.74 bits per heavy atom. The van der Waals surface area contributed by atoms with E-state index in [4.69, 9.17) is 16.3 Å². The van der Waals surface area contributed by atoms with E-state index in [1.54, 1.807) is 31.9 Å². The van der Waals surface area contributed by atoms with Gasteiger partial charge in [-0.05, 0) is 30.3 Å². The molecule has 2 aromatic rings. The van der Waals surface area contributed by atoms with Crippen LogP contribution in [0.4, 0.5) is 5.69 Å². The molecule has 0 bridgehead atoms. The maximum atomic E-state index is 13.1. The van der Waals surface area contributed by atoms with Gasteiger partial charge in [0, 0.05) is 56.6 Å². The Labute approximate surface area is 189 Å². The molecule has 1 heterocycles. The van der Waals surface area contributed by atoms with Crippen molar-refractivity contribution in [1.29, 1.82) is 0 Å². The molecule has 1 aliphatic heterocycles. The van der Waals surface area contributed by atoms with Crippen molar-refractivity contribution >= 4 is 33.2 Å². The van der Waals surface area contributed by atoms with Gasteiger partial charge in [-0.1, -0.05) is 31.5 Å². The van der Waals surface area contributed by atoms with E-state index < -0.39 is 10.0 Å². The SMILES string of the molecule is CCN(CC)S(=O)(=O)c1cc(C(=O)N2CCN(c3cccc(OC)c3)CC2)ccc1Cl. The predicted octanol–water partition coefficient (Wildman–Crippen LogP) is 3.34. The second-order valence-electron chi connectivity index (χ2n) is 7.22. The number of piperazine rings is 1. The standard InChI is InChI=1S/C22H28ClN3O4S/c1-4-26(5-2)31(28,29)21-15-17(9-10-20(21)23)22(27)25-13-11-24(12-14-25)18-7-6-8-19(16-18)30-3/h6-10,15-16H,4-5,11-14H2,1-3H3. The van der Waals surface area contributed by atoms with E-state index in [0.29, 0.717) is 44.8 Å². The third-order valence-electron chi connectivity index (χ3n) is 5.49. The lowest BCUT2D eigenvalue weighted by Gasteiger charge is -2.36. The number of benzene rings is 2. The zero-order valence-corrected chi connectivity index (χ0v) is 19.6. The van der Waals surface area contributed by atoms with Crippen molar-refractivity contribution in [2.24, 2.45) is 0 Å². The molecule has 2 aromatic carbocycles. The molecule has 3 rings (SSSR count). The molecule has 7 nitrogen and oxygen atoms in total. The fourth-order valence-electron chi connectivity index (χ4n) is 3.69. The summed E-state index contributed by atoms with van der Waals surface area (Å²) in [5.41, 5.74) is 1.37. The fraction of sp³-hybridized carbons (Fsp3) is 0.409. The molecular weight excluding hydrogens is 438 g/mol. The number of ether oxygens (including phenoxy) is 1. The number of halogens is 1. The quantitative estimate of drug-likeness (QED) is 0.627. The normalized spacial score (nSPS) is 14.7. The zero-order chi connectivity index (χ0) is 22.6. The number of anilines is 1. The molecule has 168 valence electrons. The minimum Gasteiger partial charge on any atom is -0.497 e. The lowest BCUT2D eigenvalue weighted by atomic mass is 10.1. The van der Waals surface area contributed by atoms with Gasteiger partial charge in [-0.2, -0.15) is 4.31 Å². The number of carbonyl (C=O) groups is 1. The van der Waals surface area contributed by atoms with Crippen LogP contribution in [0, 0.1) is 0 Å². The predicted molar refractivity (Wildman–Crippen MR) is 123 cm³/mol. The molecule has 0 atom stereocenters. The van der Waals surface area contributed by atoms with Crippen molar-refractivity contribution in [3.8, 4) is 5.75 Å². The van der Waals surface area contributed by atoms with Gasteiger partial charge in [-0.3, -0.25) is 4.79 Å².